The Hall–Kier alpha value is -4.99. The molecule has 4 aromatic rings. The first-order valence-corrected chi connectivity index (χ1v) is 13.5. The molecule has 0 saturated heterocycles. The predicted molar refractivity (Wildman–Crippen MR) is 154 cm³/mol. The zero-order chi connectivity index (χ0) is 28.6. The largest absolute Gasteiger partial charge is 0.469 e. The number of nitrogens with zero attached hydrogens (tertiary/aromatic N) is 2. The summed E-state index contributed by atoms with van der Waals surface area (Å²) < 4.78 is 10.3. The Morgan fingerprint density at radius 2 is 1.51 bits per heavy atom. The van der Waals surface area contributed by atoms with Crippen molar-refractivity contribution < 1.29 is 23.5 Å². The van der Waals surface area contributed by atoms with Crippen molar-refractivity contribution in [2.24, 2.45) is 5.92 Å². The molecule has 1 fully saturated rings. The molecule has 1 aliphatic rings. The lowest BCUT2D eigenvalue weighted by molar-refractivity contribution is -0.142. The van der Waals surface area contributed by atoms with E-state index in [1.165, 1.54) is 12.7 Å². The standard InChI is InChI=1S/C31H31N5O5/c1-40-27(37)18-20-10-12-21(13-11-20)22-14-16-24(17-15-22)32-29(39)30-35-36-31(41-30)34-26-9-5-8-25(19-26)33-28(38)23-6-3-2-4-7-23/h2-9,14-17,19-21H,10-13,18H2,1H3,(H,32,39)(H,33,38)(H,34,36). The topological polar surface area (TPSA) is 135 Å². The average Bonchev–Trinajstić information content (AvgIpc) is 3.47. The normalized spacial score (nSPS) is 16.4. The molecule has 0 spiro atoms. The van der Waals surface area contributed by atoms with Crippen LogP contribution in [0.3, 0.4) is 0 Å². The first kappa shape index (κ1) is 27.6. The number of hydrogen-bond acceptors (Lipinski definition) is 8. The minimum absolute atomic E-state index is 0.0415. The number of rotatable bonds is 9. The van der Waals surface area contributed by atoms with Gasteiger partial charge in [0.2, 0.25) is 0 Å². The molecule has 41 heavy (non-hydrogen) atoms. The van der Waals surface area contributed by atoms with E-state index in [0.29, 0.717) is 40.9 Å². The molecule has 10 heteroatoms. The number of hydrogen-bond donors (Lipinski definition) is 3. The molecule has 5 rings (SSSR count). The van der Waals surface area contributed by atoms with Gasteiger partial charge < -0.3 is 25.1 Å². The molecule has 2 amide bonds. The monoisotopic (exact) mass is 553 g/mol. The van der Waals surface area contributed by atoms with Crippen LogP contribution in [-0.2, 0) is 9.53 Å². The van der Waals surface area contributed by atoms with Crippen molar-refractivity contribution in [2.45, 2.75) is 38.0 Å². The Morgan fingerprint density at radius 1 is 0.805 bits per heavy atom. The molecule has 0 aliphatic heterocycles. The Labute approximate surface area is 237 Å². The van der Waals surface area contributed by atoms with E-state index in [0.717, 1.165) is 25.7 Å². The van der Waals surface area contributed by atoms with Gasteiger partial charge in [0.1, 0.15) is 0 Å². The molecule has 1 saturated carbocycles. The fraction of sp³-hybridized carbons (Fsp3) is 0.258. The van der Waals surface area contributed by atoms with Gasteiger partial charge >= 0.3 is 23.8 Å². The van der Waals surface area contributed by atoms with Crippen LogP contribution >= 0.6 is 0 Å². The average molecular weight is 554 g/mol. The number of nitrogens with one attached hydrogen (secondary N) is 3. The van der Waals surface area contributed by atoms with Gasteiger partial charge in [0.15, 0.2) is 0 Å². The van der Waals surface area contributed by atoms with Crippen molar-refractivity contribution in [3.05, 3.63) is 95.9 Å². The van der Waals surface area contributed by atoms with E-state index in [4.69, 9.17) is 9.15 Å². The number of amides is 2. The van der Waals surface area contributed by atoms with Crippen LogP contribution in [0.15, 0.2) is 83.3 Å². The van der Waals surface area contributed by atoms with Crippen LogP contribution in [0.1, 0.15) is 64.6 Å². The maximum Gasteiger partial charge on any atom is 0.320 e. The molecule has 0 atom stereocenters. The lowest BCUT2D eigenvalue weighted by Crippen LogP contribution is -2.17. The summed E-state index contributed by atoms with van der Waals surface area (Å²) in [6.45, 7) is 0. The number of methoxy groups -OCH3 is 1. The summed E-state index contributed by atoms with van der Waals surface area (Å²) in [5.41, 5.74) is 3.56. The van der Waals surface area contributed by atoms with E-state index in [2.05, 4.69) is 26.1 Å². The fourth-order valence-electron chi connectivity index (χ4n) is 5.00. The minimum Gasteiger partial charge on any atom is -0.469 e. The highest BCUT2D eigenvalue weighted by Crippen LogP contribution is 2.37. The SMILES string of the molecule is COC(=O)CC1CCC(c2ccc(NC(=O)c3nnc(Nc4cccc(NC(=O)c5ccccc5)c4)o3)cc2)CC1. The second kappa shape index (κ2) is 12.9. The molecule has 0 unspecified atom stereocenters. The van der Waals surface area contributed by atoms with Crippen LogP contribution in [0.4, 0.5) is 23.1 Å². The van der Waals surface area contributed by atoms with Gasteiger partial charge in [-0.25, -0.2) is 0 Å². The van der Waals surface area contributed by atoms with E-state index in [1.807, 2.05) is 30.3 Å². The van der Waals surface area contributed by atoms with E-state index < -0.39 is 5.91 Å². The van der Waals surface area contributed by atoms with Gasteiger partial charge in [-0.05, 0) is 85.5 Å². The summed E-state index contributed by atoms with van der Waals surface area (Å²) in [5.74, 6) is -0.259. The zero-order valence-corrected chi connectivity index (χ0v) is 22.6. The smallest absolute Gasteiger partial charge is 0.320 e. The Bertz CT molecular complexity index is 1490. The number of ether oxygens (including phenoxy) is 1. The molecule has 1 aromatic heterocycles. The predicted octanol–water partition coefficient (Wildman–Crippen LogP) is 6.15. The first-order valence-electron chi connectivity index (χ1n) is 13.5. The zero-order valence-electron chi connectivity index (χ0n) is 22.6. The van der Waals surface area contributed by atoms with Crippen LogP contribution in [-0.4, -0.2) is 35.1 Å². The number of esters is 1. The highest BCUT2D eigenvalue weighted by atomic mass is 16.5. The number of aromatic nitrogens is 2. The molecule has 210 valence electrons. The Kier molecular flexibility index (Phi) is 8.68. The van der Waals surface area contributed by atoms with Crippen molar-refractivity contribution in [3.8, 4) is 0 Å². The second-order valence-electron chi connectivity index (χ2n) is 10.0. The van der Waals surface area contributed by atoms with Crippen LogP contribution in [0.25, 0.3) is 0 Å². The summed E-state index contributed by atoms with van der Waals surface area (Å²) in [6, 6.07) is 23.7. The maximum absolute atomic E-state index is 12.7. The third kappa shape index (κ3) is 7.36. The van der Waals surface area contributed by atoms with Crippen molar-refractivity contribution >= 4 is 40.9 Å². The number of carbonyl (C=O) groups excluding carboxylic acids is 3. The Morgan fingerprint density at radius 3 is 2.24 bits per heavy atom. The number of anilines is 4. The highest BCUT2D eigenvalue weighted by Gasteiger charge is 2.24. The molecule has 10 nitrogen and oxygen atoms in total. The van der Waals surface area contributed by atoms with Crippen molar-refractivity contribution in [2.75, 3.05) is 23.1 Å². The molecule has 3 aromatic carbocycles. The summed E-state index contributed by atoms with van der Waals surface area (Å²) in [5, 5.41) is 16.4. The third-order valence-corrected chi connectivity index (χ3v) is 7.20. The summed E-state index contributed by atoms with van der Waals surface area (Å²) in [4.78, 5) is 36.7. The summed E-state index contributed by atoms with van der Waals surface area (Å²) in [7, 11) is 1.43. The molecule has 0 bridgehead atoms. The van der Waals surface area contributed by atoms with Gasteiger partial charge in [0.05, 0.1) is 7.11 Å². The van der Waals surface area contributed by atoms with Gasteiger partial charge in [-0.1, -0.05) is 41.5 Å². The molecule has 0 radical (unpaired) electrons. The fourth-order valence-corrected chi connectivity index (χ4v) is 5.00. The number of benzene rings is 3. The molecule has 3 N–H and O–H groups in total. The van der Waals surface area contributed by atoms with Gasteiger partial charge in [0.25, 0.3) is 5.91 Å². The highest BCUT2D eigenvalue weighted by molar-refractivity contribution is 6.04. The Balaban J connectivity index is 1.13. The number of carbonyl (C=O) groups is 3. The van der Waals surface area contributed by atoms with Crippen LogP contribution in [0.5, 0.6) is 0 Å². The molecular formula is C31H31N5O5. The second-order valence-corrected chi connectivity index (χ2v) is 10.0. The van der Waals surface area contributed by atoms with Crippen molar-refractivity contribution in [1.29, 1.82) is 0 Å². The lowest BCUT2D eigenvalue weighted by Gasteiger charge is -2.28. The van der Waals surface area contributed by atoms with Gasteiger partial charge in [-0.2, -0.15) is 0 Å². The lowest BCUT2D eigenvalue weighted by atomic mass is 9.77. The minimum atomic E-state index is -0.523. The van der Waals surface area contributed by atoms with E-state index in [9.17, 15) is 14.4 Å². The van der Waals surface area contributed by atoms with Crippen molar-refractivity contribution in [1.82, 2.24) is 10.2 Å². The molecule has 1 aliphatic carbocycles. The van der Waals surface area contributed by atoms with Crippen LogP contribution in [0, 0.1) is 5.92 Å². The van der Waals surface area contributed by atoms with Gasteiger partial charge in [-0.15, -0.1) is 5.10 Å². The quantitative estimate of drug-likeness (QED) is 0.210. The van der Waals surface area contributed by atoms with Crippen molar-refractivity contribution in [3.63, 3.8) is 0 Å². The van der Waals surface area contributed by atoms with E-state index in [1.54, 1.807) is 48.5 Å². The maximum atomic E-state index is 12.7. The summed E-state index contributed by atoms with van der Waals surface area (Å²) >= 11 is 0. The van der Waals surface area contributed by atoms with E-state index >= 15 is 0 Å². The first-order chi connectivity index (χ1) is 20.0. The van der Waals surface area contributed by atoms with Crippen LogP contribution in [0.2, 0.25) is 0 Å². The molecule has 1 heterocycles. The van der Waals surface area contributed by atoms with Gasteiger partial charge in [0, 0.05) is 29.0 Å². The van der Waals surface area contributed by atoms with Crippen LogP contribution < -0.4 is 16.0 Å². The van der Waals surface area contributed by atoms with Gasteiger partial charge in [-0.3, -0.25) is 14.4 Å². The third-order valence-electron chi connectivity index (χ3n) is 7.20. The van der Waals surface area contributed by atoms with E-state index in [-0.39, 0.29) is 23.8 Å². The summed E-state index contributed by atoms with van der Waals surface area (Å²) in [6.07, 6.45) is 4.53. The molecular weight excluding hydrogens is 522 g/mol.